The van der Waals surface area contributed by atoms with Crippen LogP contribution < -0.4 is 0 Å². The van der Waals surface area contributed by atoms with Crippen LogP contribution in [0.1, 0.15) is 18.1 Å². The highest BCUT2D eigenvalue weighted by atomic mass is 31.2. The lowest BCUT2D eigenvalue weighted by molar-refractivity contribution is 0.371. The first-order chi connectivity index (χ1) is 9.99. The van der Waals surface area contributed by atoms with Crippen LogP contribution in [-0.2, 0) is 17.1 Å². The molecule has 0 aliphatic heterocycles. The summed E-state index contributed by atoms with van der Waals surface area (Å²) in [5, 5.41) is 4.57. The summed E-state index contributed by atoms with van der Waals surface area (Å²) < 4.78 is 11.3. The van der Waals surface area contributed by atoms with Crippen LogP contribution in [-0.4, -0.2) is 9.79 Å². The largest absolute Gasteiger partial charge is 0.329 e. The Morgan fingerprint density at radius 2 is 1.62 bits per heavy atom. The predicted molar refractivity (Wildman–Crippen MR) is 86.6 cm³/mol. The molecule has 21 heavy (non-hydrogen) atoms. The molecular weight excluding hydrogens is 283 g/mol. The van der Waals surface area contributed by atoms with Crippen molar-refractivity contribution in [2.45, 2.75) is 19.5 Å². The first kappa shape index (κ1) is 14.3. The van der Waals surface area contributed by atoms with E-state index in [2.05, 4.69) is 24.3 Å². The van der Waals surface area contributed by atoms with Gasteiger partial charge in [-0.1, -0.05) is 55.5 Å². The van der Waals surface area contributed by atoms with Gasteiger partial charge in [0.25, 0.3) is 0 Å². The number of benzene rings is 3. The smallest absolute Gasteiger partial charge is 0.324 e. The SMILES string of the molecule is CCc1c(CP(=O)(O)O)ccc2c1ccc1ccccc12. The number of hydrogen-bond acceptors (Lipinski definition) is 1. The quantitative estimate of drug-likeness (QED) is 0.562. The molecule has 0 bridgehead atoms. The maximum atomic E-state index is 11.3. The van der Waals surface area contributed by atoms with Gasteiger partial charge in [0.1, 0.15) is 0 Å². The molecule has 0 spiro atoms. The monoisotopic (exact) mass is 300 g/mol. The molecule has 0 aromatic heterocycles. The third kappa shape index (κ3) is 2.73. The lowest BCUT2D eigenvalue weighted by atomic mass is 9.94. The van der Waals surface area contributed by atoms with E-state index < -0.39 is 7.60 Å². The van der Waals surface area contributed by atoms with Gasteiger partial charge in [-0.15, -0.1) is 0 Å². The first-order valence-corrected chi connectivity index (χ1v) is 8.76. The van der Waals surface area contributed by atoms with E-state index in [0.29, 0.717) is 0 Å². The molecule has 3 nitrogen and oxygen atoms in total. The van der Waals surface area contributed by atoms with Gasteiger partial charge in [0.05, 0.1) is 6.16 Å². The molecule has 0 aliphatic carbocycles. The Morgan fingerprint density at radius 1 is 0.905 bits per heavy atom. The summed E-state index contributed by atoms with van der Waals surface area (Å²) in [5.41, 5.74) is 1.77. The molecular formula is C17H17O3P. The molecule has 0 saturated carbocycles. The van der Waals surface area contributed by atoms with Crippen molar-refractivity contribution in [1.82, 2.24) is 0 Å². The van der Waals surface area contributed by atoms with Crippen LogP contribution in [0.5, 0.6) is 0 Å². The van der Waals surface area contributed by atoms with Crippen molar-refractivity contribution in [3.8, 4) is 0 Å². The van der Waals surface area contributed by atoms with Crippen LogP contribution in [0, 0.1) is 0 Å². The fourth-order valence-electron chi connectivity index (χ4n) is 2.98. The zero-order chi connectivity index (χ0) is 15.0. The molecule has 2 N–H and O–H groups in total. The average molecular weight is 300 g/mol. The van der Waals surface area contributed by atoms with Crippen molar-refractivity contribution in [1.29, 1.82) is 0 Å². The zero-order valence-corrected chi connectivity index (χ0v) is 12.7. The maximum Gasteiger partial charge on any atom is 0.329 e. The van der Waals surface area contributed by atoms with Gasteiger partial charge in [-0.3, -0.25) is 4.57 Å². The molecule has 0 aliphatic rings. The second kappa shape index (κ2) is 5.27. The van der Waals surface area contributed by atoms with Crippen molar-refractivity contribution in [3.63, 3.8) is 0 Å². The molecule has 4 heteroatoms. The summed E-state index contributed by atoms with van der Waals surface area (Å²) in [6.07, 6.45) is 0.559. The summed E-state index contributed by atoms with van der Waals surface area (Å²) in [4.78, 5) is 18.5. The Hall–Kier alpha value is -1.67. The lowest BCUT2D eigenvalue weighted by Gasteiger charge is -2.14. The van der Waals surface area contributed by atoms with Crippen LogP contribution in [0.15, 0.2) is 48.5 Å². The molecule has 0 radical (unpaired) electrons. The Balaban J connectivity index is 2.31. The highest BCUT2D eigenvalue weighted by Gasteiger charge is 2.17. The minimum atomic E-state index is -4.05. The Labute approximate surface area is 123 Å². The second-order valence-electron chi connectivity index (χ2n) is 5.26. The Kier molecular flexibility index (Phi) is 3.58. The Morgan fingerprint density at radius 3 is 2.33 bits per heavy atom. The van der Waals surface area contributed by atoms with Gasteiger partial charge in [0.2, 0.25) is 0 Å². The zero-order valence-electron chi connectivity index (χ0n) is 11.8. The van der Waals surface area contributed by atoms with Gasteiger partial charge in [-0.25, -0.2) is 0 Å². The fourth-order valence-corrected chi connectivity index (χ4v) is 3.72. The van der Waals surface area contributed by atoms with Gasteiger partial charge in [-0.2, -0.15) is 0 Å². The molecule has 0 unspecified atom stereocenters. The minimum Gasteiger partial charge on any atom is -0.324 e. The van der Waals surface area contributed by atoms with Crippen LogP contribution in [0.3, 0.4) is 0 Å². The molecule has 0 fully saturated rings. The normalized spacial score (nSPS) is 12.1. The van der Waals surface area contributed by atoms with Gasteiger partial charge in [0.15, 0.2) is 0 Å². The summed E-state index contributed by atoms with van der Waals surface area (Å²) >= 11 is 0. The summed E-state index contributed by atoms with van der Waals surface area (Å²) in [5.74, 6) is 0. The van der Waals surface area contributed by atoms with E-state index in [-0.39, 0.29) is 6.16 Å². The second-order valence-corrected chi connectivity index (χ2v) is 6.91. The number of rotatable bonds is 3. The van der Waals surface area contributed by atoms with Crippen molar-refractivity contribution in [2.24, 2.45) is 0 Å². The standard InChI is InChI=1S/C17H17O3P/c1-2-14-13(11-21(18,19)20)8-10-17-15-6-4-3-5-12(15)7-9-16(14)17/h3-10H,2,11H2,1H3,(H2,18,19,20). The van der Waals surface area contributed by atoms with Gasteiger partial charge in [0, 0.05) is 0 Å². The Bertz CT molecular complexity index is 864. The van der Waals surface area contributed by atoms with Crippen molar-refractivity contribution < 1.29 is 14.4 Å². The van der Waals surface area contributed by atoms with Gasteiger partial charge in [-0.05, 0) is 39.1 Å². The van der Waals surface area contributed by atoms with E-state index in [0.717, 1.165) is 28.3 Å². The number of fused-ring (bicyclic) bond motifs is 3. The summed E-state index contributed by atoms with van der Waals surface area (Å²) in [6, 6.07) is 16.1. The molecule has 0 atom stereocenters. The fraction of sp³-hybridized carbons (Fsp3) is 0.176. The third-order valence-corrected chi connectivity index (χ3v) is 4.62. The molecule has 3 aromatic rings. The summed E-state index contributed by atoms with van der Waals surface area (Å²) in [6.45, 7) is 2.02. The van der Waals surface area contributed by atoms with Crippen LogP contribution in [0.4, 0.5) is 0 Å². The van der Waals surface area contributed by atoms with Gasteiger partial charge >= 0.3 is 7.60 Å². The highest BCUT2D eigenvalue weighted by Crippen LogP contribution is 2.41. The van der Waals surface area contributed by atoms with Gasteiger partial charge < -0.3 is 9.79 Å². The molecule has 0 amide bonds. The van der Waals surface area contributed by atoms with E-state index >= 15 is 0 Å². The van der Waals surface area contributed by atoms with Crippen molar-refractivity contribution in [3.05, 3.63) is 59.7 Å². The van der Waals surface area contributed by atoms with E-state index in [4.69, 9.17) is 0 Å². The van der Waals surface area contributed by atoms with E-state index in [9.17, 15) is 14.4 Å². The topological polar surface area (TPSA) is 57.5 Å². The molecule has 3 aromatic carbocycles. The molecule has 0 saturated heterocycles. The van der Waals surface area contributed by atoms with E-state index in [1.165, 1.54) is 10.8 Å². The third-order valence-electron chi connectivity index (χ3n) is 3.86. The van der Waals surface area contributed by atoms with Crippen molar-refractivity contribution in [2.75, 3.05) is 0 Å². The predicted octanol–water partition coefficient (Wildman–Crippen LogP) is 4.23. The van der Waals surface area contributed by atoms with Crippen LogP contribution >= 0.6 is 7.60 Å². The first-order valence-electron chi connectivity index (χ1n) is 6.96. The van der Waals surface area contributed by atoms with Crippen LogP contribution in [0.25, 0.3) is 21.5 Å². The average Bonchev–Trinajstić information content (AvgIpc) is 2.45. The molecule has 3 rings (SSSR count). The lowest BCUT2D eigenvalue weighted by Crippen LogP contribution is -1.96. The highest BCUT2D eigenvalue weighted by molar-refractivity contribution is 7.50. The molecule has 108 valence electrons. The van der Waals surface area contributed by atoms with E-state index in [1.807, 2.05) is 31.2 Å². The van der Waals surface area contributed by atoms with E-state index in [1.54, 1.807) is 0 Å². The molecule has 0 heterocycles. The van der Waals surface area contributed by atoms with Crippen LogP contribution in [0.2, 0.25) is 0 Å². The minimum absolute atomic E-state index is 0.195. The summed E-state index contributed by atoms with van der Waals surface area (Å²) in [7, 11) is -4.05. The maximum absolute atomic E-state index is 11.3. The number of hydrogen-bond donors (Lipinski definition) is 2. The van der Waals surface area contributed by atoms with Crippen molar-refractivity contribution >= 4 is 29.1 Å². The number of aryl methyl sites for hydroxylation is 1.